The van der Waals surface area contributed by atoms with Crippen LogP contribution < -0.4 is 5.32 Å². The SMILES string of the molecule is CC(O)(CNC(=O)CCCc1cccs1)C(=O)O. The largest absolute Gasteiger partial charge is 0.479 e. The van der Waals surface area contributed by atoms with Crippen LogP contribution in [0.15, 0.2) is 17.5 Å². The maximum Gasteiger partial charge on any atom is 0.337 e. The highest BCUT2D eigenvalue weighted by molar-refractivity contribution is 7.09. The Morgan fingerprint density at radius 1 is 1.50 bits per heavy atom. The summed E-state index contributed by atoms with van der Waals surface area (Å²) in [7, 11) is 0. The van der Waals surface area contributed by atoms with Crippen molar-refractivity contribution < 1.29 is 19.8 Å². The number of carbonyl (C=O) groups excluding carboxylic acids is 1. The molecule has 0 aliphatic rings. The molecule has 0 bridgehead atoms. The topological polar surface area (TPSA) is 86.6 Å². The first-order chi connectivity index (χ1) is 8.42. The van der Waals surface area contributed by atoms with Crippen LogP contribution in [0.2, 0.25) is 0 Å². The highest BCUT2D eigenvalue weighted by Crippen LogP contribution is 2.11. The lowest BCUT2D eigenvalue weighted by atomic mass is 10.1. The Bertz CT molecular complexity index is 400. The van der Waals surface area contributed by atoms with Gasteiger partial charge in [0.05, 0.1) is 6.54 Å². The molecule has 1 unspecified atom stereocenters. The van der Waals surface area contributed by atoms with Crippen LogP contribution in [0, 0.1) is 0 Å². The van der Waals surface area contributed by atoms with Gasteiger partial charge in [-0.3, -0.25) is 4.79 Å². The molecule has 0 spiro atoms. The van der Waals surface area contributed by atoms with Gasteiger partial charge < -0.3 is 15.5 Å². The number of carbonyl (C=O) groups is 2. The van der Waals surface area contributed by atoms with Gasteiger partial charge >= 0.3 is 5.97 Å². The van der Waals surface area contributed by atoms with E-state index in [-0.39, 0.29) is 12.5 Å². The Kier molecular flexibility index (Phi) is 5.30. The lowest BCUT2D eigenvalue weighted by Gasteiger charge is -2.18. The fourth-order valence-electron chi connectivity index (χ4n) is 1.31. The molecule has 1 amide bonds. The molecular weight excluding hydrogens is 254 g/mol. The molecule has 1 atom stereocenters. The number of hydrogen-bond donors (Lipinski definition) is 3. The minimum absolute atomic E-state index is 0.243. The highest BCUT2D eigenvalue weighted by atomic mass is 32.1. The number of rotatable bonds is 7. The van der Waals surface area contributed by atoms with Crippen molar-refractivity contribution in [2.24, 2.45) is 0 Å². The second-order valence-corrected chi connectivity index (χ2v) is 5.32. The first-order valence-electron chi connectivity index (χ1n) is 5.66. The van der Waals surface area contributed by atoms with Crippen molar-refractivity contribution in [2.45, 2.75) is 31.8 Å². The Labute approximate surface area is 109 Å². The molecule has 0 aromatic carbocycles. The number of carboxylic acids is 1. The van der Waals surface area contributed by atoms with E-state index >= 15 is 0 Å². The van der Waals surface area contributed by atoms with E-state index in [1.807, 2.05) is 17.5 Å². The normalized spacial score (nSPS) is 13.9. The third-order valence-electron chi connectivity index (χ3n) is 2.50. The smallest absolute Gasteiger partial charge is 0.337 e. The summed E-state index contributed by atoms with van der Waals surface area (Å²) in [6.45, 7) is 0.876. The molecular formula is C12H17NO4S. The Morgan fingerprint density at radius 2 is 2.22 bits per heavy atom. The van der Waals surface area contributed by atoms with Gasteiger partial charge in [0, 0.05) is 11.3 Å². The van der Waals surface area contributed by atoms with Crippen molar-refractivity contribution >= 4 is 23.2 Å². The van der Waals surface area contributed by atoms with Crippen molar-refractivity contribution in [3.05, 3.63) is 22.4 Å². The van der Waals surface area contributed by atoms with E-state index in [9.17, 15) is 14.7 Å². The molecule has 1 aromatic rings. The number of nitrogens with one attached hydrogen (secondary N) is 1. The van der Waals surface area contributed by atoms with Crippen molar-refractivity contribution in [1.29, 1.82) is 0 Å². The number of hydrogen-bond acceptors (Lipinski definition) is 4. The first kappa shape index (κ1) is 14.7. The van der Waals surface area contributed by atoms with Gasteiger partial charge in [-0.1, -0.05) is 6.07 Å². The minimum atomic E-state index is -1.91. The van der Waals surface area contributed by atoms with E-state index in [1.54, 1.807) is 11.3 Å². The van der Waals surface area contributed by atoms with Gasteiger partial charge in [0.2, 0.25) is 5.91 Å². The Hall–Kier alpha value is -1.40. The monoisotopic (exact) mass is 271 g/mol. The van der Waals surface area contributed by atoms with Crippen molar-refractivity contribution in [1.82, 2.24) is 5.32 Å². The number of aliphatic hydroxyl groups is 1. The maximum atomic E-state index is 11.4. The molecule has 100 valence electrons. The van der Waals surface area contributed by atoms with E-state index in [4.69, 9.17) is 5.11 Å². The summed E-state index contributed by atoms with van der Waals surface area (Å²) >= 11 is 1.65. The van der Waals surface area contributed by atoms with E-state index in [1.165, 1.54) is 4.88 Å². The quantitative estimate of drug-likeness (QED) is 0.691. The highest BCUT2D eigenvalue weighted by Gasteiger charge is 2.29. The average molecular weight is 271 g/mol. The van der Waals surface area contributed by atoms with Gasteiger partial charge in [-0.2, -0.15) is 0 Å². The van der Waals surface area contributed by atoms with Crippen LogP contribution in [0.1, 0.15) is 24.6 Å². The molecule has 0 saturated heterocycles. The molecule has 1 heterocycles. The molecule has 6 heteroatoms. The summed E-state index contributed by atoms with van der Waals surface area (Å²) in [6.07, 6.45) is 1.87. The zero-order chi connectivity index (χ0) is 13.6. The summed E-state index contributed by atoms with van der Waals surface area (Å²) in [5.41, 5.74) is -1.91. The number of amides is 1. The molecule has 0 radical (unpaired) electrons. The van der Waals surface area contributed by atoms with E-state index in [0.717, 1.165) is 13.3 Å². The predicted molar refractivity (Wildman–Crippen MR) is 68.5 cm³/mol. The predicted octanol–water partition coefficient (Wildman–Crippen LogP) is 1.02. The Balaban J connectivity index is 2.20. The standard InChI is InChI=1S/C12H17NO4S/c1-12(17,11(15)16)8-13-10(14)6-2-4-9-5-3-7-18-9/h3,5,7,17H,2,4,6,8H2,1H3,(H,13,14)(H,15,16). The van der Waals surface area contributed by atoms with Crippen LogP contribution >= 0.6 is 11.3 Å². The summed E-state index contributed by atoms with van der Waals surface area (Å²) in [5.74, 6) is -1.59. The average Bonchev–Trinajstić information content (AvgIpc) is 2.79. The molecule has 0 saturated carbocycles. The van der Waals surface area contributed by atoms with Gasteiger partial charge in [0.15, 0.2) is 5.60 Å². The lowest BCUT2D eigenvalue weighted by Crippen LogP contribution is -2.46. The molecule has 0 aliphatic heterocycles. The summed E-state index contributed by atoms with van der Waals surface area (Å²) < 4.78 is 0. The van der Waals surface area contributed by atoms with E-state index in [0.29, 0.717) is 12.8 Å². The van der Waals surface area contributed by atoms with Crippen LogP contribution in [0.3, 0.4) is 0 Å². The van der Waals surface area contributed by atoms with Crippen LogP contribution in [0.25, 0.3) is 0 Å². The molecule has 1 aromatic heterocycles. The van der Waals surface area contributed by atoms with Crippen LogP contribution in [-0.4, -0.2) is 34.2 Å². The molecule has 0 aliphatic carbocycles. The molecule has 5 nitrogen and oxygen atoms in total. The summed E-state index contributed by atoms with van der Waals surface area (Å²) in [4.78, 5) is 23.3. The fourth-order valence-corrected chi connectivity index (χ4v) is 2.06. The van der Waals surface area contributed by atoms with Crippen molar-refractivity contribution in [2.75, 3.05) is 6.54 Å². The van der Waals surface area contributed by atoms with Crippen LogP contribution in [0.4, 0.5) is 0 Å². The summed E-state index contributed by atoms with van der Waals surface area (Å²) in [6, 6.07) is 3.97. The van der Waals surface area contributed by atoms with E-state index < -0.39 is 11.6 Å². The van der Waals surface area contributed by atoms with Crippen LogP contribution in [-0.2, 0) is 16.0 Å². The van der Waals surface area contributed by atoms with Gasteiger partial charge in [0.1, 0.15) is 0 Å². The molecule has 1 rings (SSSR count). The first-order valence-corrected chi connectivity index (χ1v) is 6.54. The van der Waals surface area contributed by atoms with Crippen molar-refractivity contribution in [3.63, 3.8) is 0 Å². The van der Waals surface area contributed by atoms with Gasteiger partial charge in [0.25, 0.3) is 0 Å². The summed E-state index contributed by atoms with van der Waals surface area (Å²) in [5, 5.41) is 22.5. The van der Waals surface area contributed by atoms with E-state index in [2.05, 4.69) is 5.32 Å². The van der Waals surface area contributed by atoms with Gasteiger partial charge in [-0.05, 0) is 31.2 Å². The number of aryl methyl sites for hydroxylation is 1. The van der Waals surface area contributed by atoms with Gasteiger partial charge in [-0.25, -0.2) is 4.79 Å². The lowest BCUT2D eigenvalue weighted by molar-refractivity contribution is -0.156. The van der Waals surface area contributed by atoms with Gasteiger partial charge in [-0.15, -0.1) is 11.3 Å². The number of carboxylic acid groups (broad SMARTS) is 1. The third-order valence-corrected chi connectivity index (χ3v) is 3.43. The Morgan fingerprint density at radius 3 is 2.78 bits per heavy atom. The number of aliphatic carboxylic acids is 1. The second-order valence-electron chi connectivity index (χ2n) is 4.29. The molecule has 18 heavy (non-hydrogen) atoms. The molecule has 3 N–H and O–H groups in total. The third kappa shape index (κ3) is 4.85. The second kappa shape index (κ2) is 6.51. The zero-order valence-corrected chi connectivity index (χ0v) is 11.0. The number of thiophene rings is 1. The van der Waals surface area contributed by atoms with Crippen molar-refractivity contribution in [3.8, 4) is 0 Å². The zero-order valence-electron chi connectivity index (χ0n) is 10.2. The van der Waals surface area contributed by atoms with Crippen LogP contribution in [0.5, 0.6) is 0 Å². The minimum Gasteiger partial charge on any atom is -0.479 e. The maximum absolute atomic E-state index is 11.4. The fraction of sp³-hybridized carbons (Fsp3) is 0.500. The molecule has 0 fully saturated rings.